The second kappa shape index (κ2) is 10.6. The summed E-state index contributed by atoms with van der Waals surface area (Å²) in [5.74, 6) is 1.43. The molecule has 30 heavy (non-hydrogen) atoms. The molecule has 0 aliphatic carbocycles. The molecule has 0 amide bonds. The topological polar surface area (TPSA) is 139 Å². The maximum absolute atomic E-state index is 11.2. The van der Waals surface area contributed by atoms with Gasteiger partial charge in [0.25, 0.3) is 10.1 Å². The zero-order valence-electron chi connectivity index (χ0n) is 16.1. The van der Waals surface area contributed by atoms with Crippen LogP contribution in [0.3, 0.4) is 0 Å². The summed E-state index contributed by atoms with van der Waals surface area (Å²) in [6.07, 6.45) is 3.20. The predicted molar refractivity (Wildman–Crippen MR) is 105 cm³/mol. The van der Waals surface area contributed by atoms with Gasteiger partial charge in [-0.05, 0) is 36.8 Å². The molecule has 3 rings (SSSR count). The normalized spacial score (nSPS) is 11.2. The first-order valence-electron chi connectivity index (χ1n) is 8.44. The van der Waals surface area contributed by atoms with E-state index in [2.05, 4.69) is 36.8 Å². The Labute approximate surface area is 198 Å². The summed E-state index contributed by atoms with van der Waals surface area (Å²) in [6, 6.07) is 10.6. The van der Waals surface area contributed by atoms with Gasteiger partial charge < -0.3 is 25.0 Å². The summed E-state index contributed by atoms with van der Waals surface area (Å²) in [5, 5.41) is 11.1. The molecule has 1 aromatic heterocycles. The van der Waals surface area contributed by atoms with Crippen molar-refractivity contribution >= 4 is 33.1 Å². The van der Waals surface area contributed by atoms with E-state index in [9.17, 15) is 8.42 Å². The van der Waals surface area contributed by atoms with Crippen molar-refractivity contribution in [2.24, 2.45) is 10.2 Å². The van der Waals surface area contributed by atoms with Crippen LogP contribution in [0, 0.1) is 6.33 Å². The van der Waals surface area contributed by atoms with Crippen LogP contribution >= 0.6 is 0 Å². The van der Waals surface area contributed by atoms with Crippen molar-refractivity contribution in [2.45, 2.75) is 18.2 Å². The Hall–Kier alpha value is -2.34. The molecule has 153 valence electrons. The average molecular weight is 502 g/mol. The van der Waals surface area contributed by atoms with Gasteiger partial charge in [0.05, 0.1) is 29.1 Å². The van der Waals surface area contributed by atoms with E-state index in [1.165, 1.54) is 25.3 Å². The van der Waals surface area contributed by atoms with Gasteiger partial charge in [-0.25, -0.2) is 0 Å². The maximum atomic E-state index is 11.2. The number of nitrogens with zero attached hydrogens (tertiary/aromatic N) is 5. The number of hydrogen-bond donors (Lipinski definition) is 2. The molecule has 0 aliphatic heterocycles. The van der Waals surface area contributed by atoms with E-state index < -0.39 is 10.1 Å². The molecule has 0 unspecified atom stereocenters. The van der Waals surface area contributed by atoms with Crippen LogP contribution in [-0.4, -0.2) is 35.0 Å². The van der Waals surface area contributed by atoms with Crippen molar-refractivity contribution in [1.29, 1.82) is 0 Å². The summed E-state index contributed by atoms with van der Waals surface area (Å²) in [6.45, 7) is 1.93. The Balaban J connectivity index is 0.00000320. The first kappa shape index (κ1) is 23.9. The SMILES string of the molecule is CCc1n[c-]nc(Nc2ccc(N=Nc3cccc(S(=O)(=O)O)c3)cc2OC)n1.[Y]. The van der Waals surface area contributed by atoms with Crippen LogP contribution in [0.5, 0.6) is 5.75 Å². The minimum Gasteiger partial charge on any atom is -0.495 e. The van der Waals surface area contributed by atoms with E-state index in [1.54, 1.807) is 24.3 Å². The van der Waals surface area contributed by atoms with Crippen LogP contribution in [0.15, 0.2) is 57.6 Å². The van der Waals surface area contributed by atoms with Gasteiger partial charge in [0.1, 0.15) is 11.7 Å². The fraction of sp³-hybridized carbons (Fsp3) is 0.167. The number of rotatable bonds is 7. The van der Waals surface area contributed by atoms with Crippen molar-refractivity contribution in [3.8, 4) is 5.75 Å². The standard InChI is InChI=1S/C18H17N6O4S.Y/c1-3-17-19-11-20-18(22-17)21-15-8-7-13(10-16(15)28-2)24-23-12-5-4-6-14(9-12)29(25,26)27;/h4-10H,3H2,1-2H3,(H,25,26,27)(H,19,20,21,22);/q-1;. The van der Waals surface area contributed by atoms with Crippen LogP contribution in [-0.2, 0) is 49.2 Å². The number of benzene rings is 2. The number of ether oxygens (including phenoxy) is 1. The van der Waals surface area contributed by atoms with Gasteiger partial charge in [-0.2, -0.15) is 18.6 Å². The molecule has 0 aliphatic rings. The summed E-state index contributed by atoms with van der Waals surface area (Å²) in [7, 11) is -2.80. The third-order valence-corrected chi connectivity index (χ3v) is 4.56. The van der Waals surface area contributed by atoms with Crippen LogP contribution in [0.25, 0.3) is 0 Å². The van der Waals surface area contributed by atoms with E-state index in [0.29, 0.717) is 35.3 Å². The van der Waals surface area contributed by atoms with Crippen molar-refractivity contribution in [3.05, 3.63) is 54.6 Å². The molecule has 12 heteroatoms. The Bertz CT molecular complexity index is 1160. The summed E-state index contributed by atoms with van der Waals surface area (Å²) < 4.78 is 36.9. The van der Waals surface area contributed by atoms with E-state index in [-0.39, 0.29) is 43.3 Å². The fourth-order valence-corrected chi connectivity index (χ4v) is 2.82. The Kier molecular flexibility index (Phi) is 8.47. The molecular weight excluding hydrogens is 485 g/mol. The molecular formula is C18H17N6O4SY-. The van der Waals surface area contributed by atoms with Crippen LogP contribution in [0.2, 0.25) is 0 Å². The zero-order valence-corrected chi connectivity index (χ0v) is 19.8. The molecule has 2 N–H and O–H groups in total. The van der Waals surface area contributed by atoms with E-state index in [0.717, 1.165) is 0 Å². The van der Waals surface area contributed by atoms with Gasteiger partial charge >= 0.3 is 0 Å². The van der Waals surface area contributed by atoms with Gasteiger partial charge in [-0.1, -0.05) is 13.0 Å². The molecule has 1 radical (unpaired) electrons. The molecule has 0 atom stereocenters. The van der Waals surface area contributed by atoms with E-state index >= 15 is 0 Å². The van der Waals surface area contributed by atoms with Crippen LogP contribution < -0.4 is 10.1 Å². The number of azo groups is 1. The molecule has 0 saturated heterocycles. The van der Waals surface area contributed by atoms with E-state index in [4.69, 9.17) is 9.29 Å². The predicted octanol–water partition coefficient (Wildman–Crippen LogP) is 3.65. The first-order chi connectivity index (χ1) is 13.9. The number of nitrogens with one attached hydrogen (secondary N) is 1. The Morgan fingerprint density at radius 1 is 1.13 bits per heavy atom. The molecule has 10 nitrogen and oxygen atoms in total. The quantitative estimate of drug-likeness (QED) is 0.284. The van der Waals surface area contributed by atoms with Gasteiger partial charge in [0, 0.05) is 50.9 Å². The number of hydrogen-bond acceptors (Lipinski definition) is 9. The summed E-state index contributed by atoms with van der Waals surface area (Å²) in [5.41, 5.74) is 1.36. The number of methoxy groups -OCH3 is 1. The number of aromatic nitrogens is 3. The molecule has 0 saturated carbocycles. The van der Waals surface area contributed by atoms with Crippen molar-refractivity contribution in [1.82, 2.24) is 15.0 Å². The molecule has 1 heterocycles. The number of aryl methyl sites for hydroxylation is 1. The minimum atomic E-state index is -4.31. The third-order valence-electron chi connectivity index (χ3n) is 3.71. The van der Waals surface area contributed by atoms with Gasteiger partial charge in [0.15, 0.2) is 0 Å². The van der Waals surface area contributed by atoms with Gasteiger partial charge in [-0.3, -0.25) is 4.55 Å². The second-order valence-corrected chi connectivity index (χ2v) is 7.13. The third kappa shape index (κ3) is 6.33. The molecule has 0 bridgehead atoms. The van der Waals surface area contributed by atoms with Crippen molar-refractivity contribution < 1.29 is 50.4 Å². The second-order valence-electron chi connectivity index (χ2n) is 5.71. The van der Waals surface area contributed by atoms with Gasteiger partial charge in [-0.15, -0.1) is 0 Å². The molecule has 0 spiro atoms. The smallest absolute Gasteiger partial charge is 0.294 e. The van der Waals surface area contributed by atoms with Gasteiger partial charge in [0.2, 0.25) is 0 Å². The van der Waals surface area contributed by atoms with E-state index in [1.807, 2.05) is 6.92 Å². The summed E-state index contributed by atoms with van der Waals surface area (Å²) >= 11 is 0. The fourth-order valence-electron chi connectivity index (χ4n) is 2.30. The largest absolute Gasteiger partial charge is 0.495 e. The molecule has 0 fully saturated rings. The zero-order chi connectivity index (χ0) is 20.9. The monoisotopic (exact) mass is 502 g/mol. The number of anilines is 2. The Morgan fingerprint density at radius 3 is 2.53 bits per heavy atom. The maximum Gasteiger partial charge on any atom is 0.294 e. The first-order valence-corrected chi connectivity index (χ1v) is 9.88. The molecule has 2 aromatic carbocycles. The van der Waals surface area contributed by atoms with Crippen molar-refractivity contribution in [2.75, 3.05) is 12.4 Å². The molecule has 3 aromatic rings. The average Bonchev–Trinajstić information content (AvgIpc) is 2.72. The van der Waals surface area contributed by atoms with Crippen LogP contribution in [0.4, 0.5) is 23.0 Å². The summed E-state index contributed by atoms with van der Waals surface area (Å²) in [4.78, 5) is 11.9. The van der Waals surface area contributed by atoms with Crippen LogP contribution in [0.1, 0.15) is 12.7 Å². The Morgan fingerprint density at radius 2 is 1.87 bits per heavy atom. The minimum absolute atomic E-state index is 0. The van der Waals surface area contributed by atoms with Crippen molar-refractivity contribution in [3.63, 3.8) is 0 Å².